The largest absolute Gasteiger partial charge is 0.487 e. The van der Waals surface area contributed by atoms with Crippen molar-refractivity contribution < 1.29 is 13.9 Å². The third-order valence-electron chi connectivity index (χ3n) is 2.11. The van der Waals surface area contributed by atoms with Crippen LogP contribution in [0.1, 0.15) is 23.3 Å². The average Bonchev–Trinajstić information content (AvgIpc) is 3.04. The van der Waals surface area contributed by atoms with Crippen molar-refractivity contribution in [3.05, 3.63) is 23.8 Å². The molecule has 15 heavy (non-hydrogen) atoms. The molecule has 5 heteroatoms. The zero-order valence-electron chi connectivity index (χ0n) is 8.29. The van der Waals surface area contributed by atoms with E-state index in [1.807, 2.05) is 0 Å². The molecule has 1 fully saturated rings. The summed E-state index contributed by atoms with van der Waals surface area (Å²) in [5.41, 5.74) is -0.226. The van der Waals surface area contributed by atoms with Gasteiger partial charge in [-0.05, 0) is 12.8 Å². The van der Waals surface area contributed by atoms with Crippen LogP contribution in [0.5, 0.6) is 5.75 Å². The summed E-state index contributed by atoms with van der Waals surface area (Å²) in [4.78, 5) is 14.9. The fraction of sp³-hybridized carbons (Fsp3) is 0.400. The quantitative estimate of drug-likeness (QED) is 0.813. The standard InChI is InChI=1S/C10H11FN2O2/c1-12-10(14)9-8(11)7(4-5-13-9)15-6-2-3-6/h4-6H,2-3H2,1H3,(H,12,14). The summed E-state index contributed by atoms with van der Waals surface area (Å²) in [6, 6.07) is 1.43. The maximum absolute atomic E-state index is 13.6. The van der Waals surface area contributed by atoms with Crippen molar-refractivity contribution in [2.45, 2.75) is 18.9 Å². The number of carbonyl (C=O) groups excluding carboxylic acids is 1. The van der Waals surface area contributed by atoms with Crippen LogP contribution in [-0.2, 0) is 0 Å². The van der Waals surface area contributed by atoms with Gasteiger partial charge in [0.15, 0.2) is 17.3 Å². The summed E-state index contributed by atoms with van der Waals surface area (Å²) in [6.45, 7) is 0. The highest BCUT2D eigenvalue weighted by Gasteiger charge is 2.26. The molecule has 0 saturated heterocycles. The van der Waals surface area contributed by atoms with Gasteiger partial charge in [0, 0.05) is 19.3 Å². The zero-order valence-corrected chi connectivity index (χ0v) is 8.29. The van der Waals surface area contributed by atoms with E-state index in [-0.39, 0.29) is 17.5 Å². The average molecular weight is 210 g/mol. The molecule has 1 saturated carbocycles. The topological polar surface area (TPSA) is 51.2 Å². The smallest absolute Gasteiger partial charge is 0.272 e. The maximum Gasteiger partial charge on any atom is 0.272 e. The van der Waals surface area contributed by atoms with Crippen molar-refractivity contribution in [1.29, 1.82) is 0 Å². The normalized spacial score (nSPS) is 14.8. The van der Waals surface area contributed by atoms with E-state index in [9.17, 15) is 9.18 Å². The summed E-state index contributed by atoms with van der Waals surface area (Å²) in [5, 5.41) is 2.32. The van der Waals surface area contributed by atoms with E-state index in [1.165, 1.54) is 19.3 Å². The lowest BCUT2D eigenvalue weighted by atomic mass is 10.3. The predicted octanol–water partition coefficient (Wildman–Crippen LogP) is 1.12. The predicted molar refractivity (Wildman–Crippen MR) is 51.2 cm³/mol. The van der Waals surface area contributed by atoms with Gasteiger partial charge in [0.1, 0.15) is 0 Å². The lowest BCUT2D eigenvalue weighted by Crippen LogP contribution is -2.21. The molecule has 1 aromatic heterocycles. The fourth-order valence-corrected chi connectivity index (χ4v) is 1.16. The third-order valence-corrected chi connectivity index (χ3v) is 2.11. The molecule has 0 bridgehead atoms. The van der Waals surface area contributed by atoms with E-state index >= 15 is 0 Å². The van der Waals surface area contributed by atoms with Gasteiger partial charge in [0.05, 0.1) is 6.10 Å². The number of nitrogens with one attached hydrogen (secondary N) is 1. The van der Waals surface area contributed by atoms with Gasteiger partial charge in [0.2, 0.25) is 0 Å². The van der Waals surface area contributed by atoms with Crippen LogP contribution < -0.4 is 10.1 Å². The minimum Gasteiger partial charge on any atom is -0.487 e. The van der Waals surface area contributed by atoms with Crippen LogP contribution in [0.4, 0.5) is 4.39 Å². The van der Waals surface area contributed by atoms with Crippen molar-refractivity contribution in [3.63, 3.8) is 0 Å². The van der Waals surface area contributed by atoms with Gasteiger partial charge in [-0.1, -0.05) is 0 Å². The van der Waals surface area contributed by atoms with Crippen LogP contribution in [-0.4, -0.2) is 24.0 Å². The van der Waals surface area contributed by atoms with Crippen molar-refractivity contribution in [1.82, 2.24) is 10.3 Å². The summed E-state index contributed by atoms with van der Waals surface area (Å²) >= 11 is 0. The van der Waals surface area contributed by atoms with Gasteiger partial charge in [0.25, 0.3) is 5.91 Å². The first-order chi connectivity index (χ1) is 7.22. The molecule has 1 aromatic rings. The SMILES string of the molecule is CNC(=O)c1nccc(OC2CC2)c1F. The van der Waals surface area contributed by atoms with Crippen LogP contribution in [0.15, 0.2) is 12.3 Å². The van der Waals surface area contributed by atoms with Crippen LogP contribution in [0.2, 0.25) is 0 Å². The fourth-order valence-electron chi connectivity index (χ4n) is 1.16. The number of amides is 1. The number of pyridine rings is 1. The molecule has 0 spiro atoms. The van der Waals surface area contributed by atoms with E-state index < -0.39 is 11.7 Å². The summed E-state index contributed by atoms with van der Waals surface area (Å²) in [6.07, 6.45) is 3.35. The molecule has 0 unspecified atom stereocenters. The summed E-state index contributed by atoms with van der Waals surface area (Å²) in [7, 11) is 1.43. The monoisotopic (exact) mass is 210 g/mol. The number of carbonyl (C=O) groups is 1. The Bertz CT molecular complexity index is 391. The van der Waals surface area contributed by atoms with Crippen molar-refractivity contribution in [2.24, 2.45) is 0 Å². The number of ether oxygens (including phenoxy) is 1. The molecule has 0 aromatic carbocycles. The molecule has 2 rings (SSSR count). The van der Waals surface area contributed by atoms with Crippen molar-refractivity contribution in [2.75, 3.05) is 7.05 Å². The Kier molecular flexibility index (Phi) is 2.53. The van der Waals surface area contributed by atoms with E-state index in [0.717, 1.165) is 12.8 Å². The molecule has 0 atom stereocenters. The summed E-state index contributed by atoms with van der Waals surface area (Å²) in [5.74, 6) is -1.14. The minimum absolute atomic E-state index is 0.0967. The van der Waals surface area contributed by atoms with Crippen LogP contribution >= 0.6 is 0 Å². The molecule has 0 aliphatic heterocycles. The highest BCUT2D eigenvalue weighted by atomic mass is 19.1. The molecule has 0 radical (unpaired) electrons. The van der Waals surface area contributed by atoms with Crippen LogP contribution in [0.3, 0.4) is 0 Å². The second-order valence-corrected chi connectivity index (χ2v) is 3.37. The van der Waals surface area contributed by atoms with Crippen molar-refractivity contribution >= 4 is 5.91 Å². The Morgan fingerprint density at radius 2 is 2.40 bits per heavy atom. The highest BCUT2D eigenvalue weighted by Crippen LogP contribution is 2.28. The third kappa shape index (κ3) is 2.06. The Balaban J connectivity index is 2.27. The maximum atomic E-state index is 13.6. The van der Waals surface area contributed by atoms with Crippen LogP contribution in [0.25, 0.3) is 0 Å². The molecule has 1 N–H and O–H groups in total. The zero-order chi connectivity index (χ0) is 10.8. The Labute approximate surface area is 86.5 Å². The first-order valence-corrected chi connectivity index (χ1v) is 4.75. The summed E-state index contributed by atoms with van der Waals surface area (Å²) < 4.78 is 18.9. The molecule has 1 heterocycles. The molecular weight excluding hydrogens is 199 g/mol. The van der Waals surface area contributed by atoms with Gasteiger partial charge in [-0.15, -0.1) is 0 Å². The Morgan fingerprint density at radius 3 is 3.00 bits per heavy atom. The van der Waals surface area contributed by atoms with Gasteiger partial charge >= 0.3 is 0 Å². The number of halogens is 1. The number of hydrogen-bond donors (Lipinski definition) is 1. The number of nitrogens with zero attached hydrogens (tertiary/aromatic N) is 1. The molecular formula is C10H11FN2O2. The second-order valence-electron chi connectivity index (χ2n) is 3.37. The Hall–Kier alpha value is -1.65. The lowest BCUT2D eigenvalue weighted by Gasteiger charge is -2.07. The highest BCUT2D eigenvalue weighted by molar-refractivity contribution is 5.92. The Morgan fingerprint density at radius 1 is 1.67 bits per heavy atom. The van der Waals surface area contributed by atoms with Gasteiger partial charge < -0.3 is 10.1 Å². The van der Waals surface area contributed by atoms with E-state index in [0.29, 0.717) is 0 Å². The number of rotatable bonds is 3. The first kappa shape index (κ1) is 9.89. The van der Waals surface area contributed by atoms with Gasteiger partial charge in [-0.2, -0.15) is 0 Å². The second kappa shape index (κ2) is 3.84. The molecule has 4 nitrogen and oxygen atoms in total. The molecule has 1 amide bonds. The van der Waals surface area contributed by atoms with E-state index in [2.05, 4.69) is 10.3 Å². The van der Waals surface area contributed by atoms with Crippen LogP contribution in [0, 0.1) is 5.82 Å². The van der Waals surface area contributed by atoms with E-state index in [1.54, 1.807) is 0 Å². The first-order valence-electron chi connectivity index (χ1n) is 4.75. The van der Waals surface area contributed by atoms with Gasteiger partial charge in [-0.3, -0.25) is 4.79 Å². The number of hydrogen-bond acceptors (Lipinski definition) is 3. The molecule has 1 aliphatic rings. The van der Waals surface area contributed by atoms with Gasteiger partial charge in [-0.25, -0.2) is 9.37 Å². The minimum atomic E-state index is -0.691. The van der Waals surface area contributed by atoms with Crippen molar-refractivity contribution in [3.8, 4) is 5.75 Å². The van der Waals surface area contributed by atoms with E-state index in [4.69, 9.17) is 4.74 Å². The molecule has 80 valence electrons. The molecule has 1 aliphatic carbocycles. The number of aromatic nitrogens is 1. The lowest BCUT2D eigenvalue weighted by molar-refractivity contribution is 0.0952.